The number of esters is 2. The third-order valence-corrected chi connectivity index (χ3v) is 6.59. The van der Waals surface area contributed by atoms with Crippen LogP contribution in [0.15, 0.2) is 36.9 Å². The summed E-state index contributed by atoms with van der Waals surface area (Å²) in [6, 6.07) is 5.40. The molecule has 1 N–H and O–H groups in total. The molecule has 1 aliphatic rings. The van der Waals surface area contributed by atoms with Gasteiger partial charge in [-0.1, -0.05) is 23.2 Å². The van der Waals surface area contributed by atoms with E-state index in [0.29, 0.717) is 40.8 Å². The molecule has 12 heteroatoms. The second-order valence-electron chi connectivity index (χ2n) is 8.15. The summed E-state index contributed by atoms with van der Waals surface area (Å²) >= 11 is 12.8. The molecule has 3 heterocycles. The predicted molar refractivity (Wildman–Crippen MR) is 130 cm³/mol. The van der Waals surface area contributed by atoms with Crippen molar-refractivity contribution in [2.45, 2.75) is 25.3 Å². The number of carbonyl (C=O) groups is 3. The van der Waals surface area contributed by atoms with Crippen LogP contribution in [0.2, 0.25) is 10.0 Å². The van der Waals surface area contributed by atoms with E-state index in [4.69, 9.17) is 37.7 Å². The van der Waals surface area contributed by atoms with Gasteiger partial charge in [0.2, 0.25) is 0 Å². The maximum absolute atomic E-state index is 12.9. The number of nitrogens with zero attached hydrogens (tertiary/aromatic N) is 4. The lowest BCUT2D eigenvalue weighted by atomic mass is 9.88. The Bertz CT molecular complexity index is 1280. The van der Waals surface area contributed by atoms with Gasteiger partial charge in [0.1, 0.15) is 5.82 Å². The number of piperidine rings is 1. The van der Waals surface area contributed by atoms with Crippen molar-refractivity contribution >= 4 is 57.8 Å². The third-order valence-electron chi connectivity index (χ3n) is 5.80. The zero-order valence-corrected chi connectivity index (χ0v) is 20.6. The van der Waals surface area contributed by atoms with Gasteiger partial charge in [-0.3, -0.25) is 9.59 Å². The van der Waals surface area contributed by atoms with Crippen LogP contribution in [0.3, 0.4) is 0 Å². The van der Waals surface area contributed by atoms with Crippen molar-refractivity contribution in [2.75, 3.05) is 31.7 Å². The number of ether oxygens (including phenoxy) is 2. The van der Waals surface area contributed by atoms with Crippen molar-refractivity contribution in [1.82, 2.24) is 19.9 Å². The molecule has 4 rings (SSSR count). The van der Waals surface area contributed by atoms with E-state index in [1.165, 1.54) is 14.0 Å². The van der Waals surface area contributed by atoms with Gasteiger partial charge in [-0.05, 0) is 25.0 Å². The number of anilines is 1. The SMILES string of the molecule is COC(=O)C1(NC(=O)COC(C)=O)CCCN(c2cc(-n3ccnc3)c3ccc(Cl)c(Cl)c3n2)C1. The Labute approximate surface area is 211 Å². The van der Waals surface area contributed by atoms with Crippen molar-refractivity contribution in [1.29, 1.82) is 0 Å². The van der Waals surface area contributed by atoms with Crippen molar-refractivity contribution < 1.29 is 23.9 Å². The van der Waals surface area contributed by atoms with Crippen LogP contribution >= 0.6 is 23.2 Å². The number of pyridine rings is 1. The van der Waals surface area contributed by atoms with Crippen molar-refractivity contribution in [3.63, 3.8) is 0 Å². The minimum Gasteiger partial charge on any atom is -0.467 e. The second-order valence-corrected chi connectivity index (χ2v) is 8.94. The Kier molecular flexibility index (Phi) is 7.13. The van der Waals surface area contributed by atoms with Crippen LogP contribution in [-0.4, -0.2) is 64.7 Å². The highest BCUT2D eigenvalue weighted by atomic mass is 35.5. The number of hydrogen-bond acceptors (Lipinski definition) is 8. The lowest BCUT2D eigenvalue weighted by Crippen LogP contribution is -2.64. The molecule has 1 atom stereocenters. The Morgan fingerprint density at radius 1 is 1.26 bits per heavy atom. The quantitative estimate of drug-likeness (QED) is 0.494. The van der Waals surface area contributed by atoms with Crippen LogP contribution in [0.25, 0.3) is 16.6 Å². The van der Waals surface area contributed by atoms with E-state index in [1.807, 2.05) is 21.6 Å². The summed E-state index contributed by atoms with van der Waals surface area (Å²) in [4.78, 5) is 47.2. The normalized spacial score (nSPS) is 17.8. The summed E-state index contributed by atoms with van der Waals surface area (Å²) in [6.07, 6.45) is 6.02. The van der Waals surface area contributed by atoms with E-state index < -0.39 is 30.0 Å². The average Bonchev–Trinajstić information content (AvgIpc) is 3.39. The molecule has 10 nitrogen and oxygen atoms in total. The lowest BCUT2D eigenvalue weighted by Gasteiger charge is -2.41. The van der Waals surface area contributed by atoms with Crippen LogP contribution < -0.4 is 10.2 Å². The third kappa shape index (κ3) is 5.03. The average molecular weight is 520 g/mol. The molecule has 0 saturated carbocycles. The summed E-state index contributed by atoms with van der Waals surface area (Å²) in [5.41, 5.74) is -0.0866. The molecule has 1 fully saturated rings. The van der Waals surface area contributed by atoms with E-state index in [9.17, 15) is 14.4 Å². The molecule has 1 amide bonds. The standard InChI is InChI=1S/C23H23Cl2N5O5/c1-14(31)35-11-19(32)28-23(22(33)34-2)6-3-8-29(12-23)18-10-17(30-9-7-26-13-30)15-4-5-16(24)20(25)21(15)27-18/h4-5,7,9-10,13H,3,6,8,11-12H2,1-2H3,(H,28,32). The highest BCUT2D eigenvalue weighted by molar-refractivity contribution is 6.45. The summed E-state index contributed by atoms with van der Waals surface area (Å²) in [6.45, 7) is 1.36. The number of imidazole rings is 1. The van der Waals surface area contributed by atoms with Crippen molar-refractivity contribution in [3.8, 4) is 5.69 Å². The molecule has 0 spiro atoms. The van der Waals surface area contributed by atoms with Crippen molar-refractivity contribution in [3.05, 3.63) is 47.0 Å². The number of benzene rings is 1. The van der Waals surface area contributed by atoms with Crippen LogP contribution in [0.5, 0.6) is 0 Å². The second kappa shape index (κ2) is 10.1. The summed E-state index contributed by atoms with van der Waals surface area (Å²) in [5, 5.41) is 4.15. The molecule has 1 aromatic carbocycles. The first-order valence-electron chi connectivity index (χ1n) is 10.8. The van der Waals surface area contributed by atoms with E-state index in [1.54, 1.807) is 24.8 Å². The van der Waals surface area contributed by atoms with Gasteiger partial charge in [0, 0.05) is 37.3 Å². The minimum atomic E-state index is -1.35. The first kappa shape index (κ1) is 24.7. The first-order valence-corrected chi connectivity index (χ1v) is 11.5. The van der Waals surface area contributed by atoms with Crippen LogP contribution in [0.4, 0.5) is 5.82 Å². The largest absolute Gasteiger partial charge is 0.467 e. The maximum Gasteiger partial charge on any atom is 0.333 e. The fourth-order valence-electron chi connectivity index (χ4n) is 4.22. The van der Waals surface area contributed by atoms with Gasteiger partial charge in [0.25, 0.3) is 5.91 Å². The van der Waals surface area contributed by atoms with Crippen LogP contribution in [-0.2, 0) is 23.9 Å². The molecule has 0 radical (unpaired) electrons. The van der Waals surface area contributed by atoms with Gasteiger partial charge in [0.05, 0.1) is 41.2 Å². The molecule has 1 saturated heterocycles. The molecule has 0 aliphatic carbocycles. The molecule has 1 aliphatic heterocycles. The fourth-order valence-corrected chi connectivity index (χ4v) is 4.58. The van der Waals surface area contributed by atoms with Crippen molar-refractivity contribution in [2.24, 2.45) is 0 Å². The number of amides is 1. The number of hydrogen-bond donors (Lipinski definition) is 1. The zero-order valence-electron chi connectivity index (χ0n) is 19.1. The van der Waals surface area contributed by atoms with Gasteiger partial charge < -0.3 is 24.3 Å². The molecular weight excluding hydrogens is 497 g/mol. The van der Waals surface area contributed by atoms with Crippen LogP contribution in [0, 0.1) is 0 Å². The number of rotatable bonds is 6. The van der Waals surface area contributed by atoms with E-state index in [-0.39, 0.29) is 6.54 Å². The summed E-state index contributed by atoms with van der Waals surface area (Å²) in [7, 11) is 1.26. The fraction of sp³-hybridized carbons (Fsp3) is 0.348. The molecular formula is C23H23Cl2N5O5. The zero-order chi connectivity index (χ0) is 25.2. The maximum atomic E-state index is 12.9. The Morgan fingerprint density at radius 3 is 2.74 bits per heavy atom. The van der Waals surface area contributed by atoms with Gasteiger partial charge >= 0.3 is 11.9 Å². The highest BCUT2D eigenvalue weighted by Gasteiger charge is 2.45. The summed E-state index contributed by atoms with van der Waals surface area (Å²) in [5.74, 6) is -1.27. The van der Waals surface area contributed by atoms with E-state index in [2.05, 4.69) is 10.3 Å². The Balaban J connectivity index is 1.75. The first-order chi connectivity index (χ1) is 16.7. The molecule has 184 valence electrons. The van der Waals surface area contributed by atoms with E-state index >= 15 is 0 Å². The number of fused-ring (bicyclic) bond motifs is 1. The minimum absolute atomic E-state index is 0.0888. The van der Waals surface area contributed by atoms with E-state index in [0.717, 1.165) is 11.1 Å². The van der Waals surface area contributed by atoms with Gasteiger partial charge in [-0.2, -0.15) is 0 Å². The Hall–Kier alpha value is -3.37. The monoisotopic (exact) mass is 519 g/mol. The molecule has 35 heavy (non-hydrogen) atoms. The highest BCUT2D eigenvalue weighted by Crippen LogP contribution is 2.36. The number of carbonyl (C=O) groups excluding carboxylic acids is 3. The Morgan fingerprint density at radius 2 is 2.06 bits per heavy atom. The number of nitrogens with one attached hydrogen (secondary N) is 1. The topological polar surface area (TPSA) is 116 Å². The van der Waals surface area contributed by atoms with Gasteiger partial charge in [0.15, 0.2) is 12.1 Å². The summed E-state index contributed by atoms with van der Waals surface area (Å²) < 4.78 is 11.6. The predicted octanol–water partition coefficient (Wildman–Crippen LogP) is 2.92. The van der Waals surface area contributed by atoms with Crippen LogP contribution in [0.1, 0.15) is 19.8 Å². The number of methoxy groups -OCH3 is 1. The lowest BCUT2D eigenvalue weighted by molar-refractivity contribution is -0.153. The molecule has 3 aromatic rings. The molecule has 0 bridgehead atoms. The van der Waals surface area contributed by atoms with Gasteiger partial charge in [-0.25, -0.2) is 14.8 Å². The molecule has 2 aromatic heterocycles. The van der Waals surface area contributed by atoms with Gasteiger partial charge in [-0.15, -0.1) is 0 Å². The molecule has 1 unspecified atom stereocenters. The number of halogens is 2. The smallest absolute Gasteiger partial charge is 0.333 e. The number of aromatic nitrogens is 3.